The van der Waals surface area contributed by atoms with Crippen molar-refractivity contribution in [3.63, 3.8) is 0 Å². The Balaban J connectivity index is 1.49. The Labute approximate surface area is 212 Å². The molecule has 0 bridgehead atoms. The van der Waals surface area contributed by atoms with Crippen LogP contribution in [0.5, 0.6) is 0 Å². The highest BCUT2D eigenvalue weighted by Gasteiger charge is 2.25. The Bertz CT molecular complexity index is 1570. The van der Waals surface area contributed by atoms with Crippen LogP contribution in [0.2, 0.25) is 0 Å². The predicted molar refractivity (Wildman–Crippen MR) is 137 cm³/mol. The first kappa shape index (κ1) is 24.1. The van der Waals surface area contributed by atoms with Gasteiger partial charge in [-0.15, -0.1) is 5.10 Å². The maximum absolute atomic E-state index is 15.5. The van der Waals surface area contributed by atoms with Crippen molar-refractivity contribution in [1.82, 2.24) is 29.3 Å². The minimum Gasteiger partial charge on any atom is -0.288 e. The lowest BCUT2D eigenvalue weighted by Crippen LogP contribution is -2.30. The second-order valence-corrected chi connectivity index (χ2v) is 8.68. The maximum atomic E-state index is 15.5. The number of tetrazole rings is 1. The van der Waals surface area contributed by atoms with Gasteiger partial charge >= 0.3 is 5.69 Å². The van der Waals surface area contributed by atoms with Gasteiger partial charge in [0.15, 0.2) is 0 Å². The van der Waals surface area contributed by atoms with Crippen LogP contribution < -0.4 is 5.69 Å². The van der Waals surface area contributed by atoms with E-state index in [4.69, 9.17) is 0 Å². The van der Waals surface area contributed by atoms with E-state index < -0.39 is 17.5 Å². The molecule has 0 saturated heterocycles. The van der Waals surface area contributed by atoms with Gasteiger partial charge in [0.2, 0.25) is 5.95 Å². The molecule has 0 unspecified atom stereocenters. The molecule has 0 aliphatic heterocycles. The summed E-state index contributed by atoms with van der Waals surface area (Å²) in [5.74, 6) is -1.46. The molecule has 0 N–H and O–H groups in total. The fourth-order valence-corrected chi connectivity index (χ4v) is 4.35. The summed E-state index contributed by atoms with van der Waals surface area (Å²) < 4.78 is 19.1. The second-order valence-electron chi connectivity index (χ2n) is 8.68. The van der Waals surface area contributed by atoms with Crippen LogP contribution in [0.15, 0.2) is 90.0 Å². The molecule has 0 atom stereocenters. The Kier molecular flexibility index (Phi) is 6.85. The fourth-order valence-electron chi connectivity index (χ4n) is 4.35. The van der Waals surface area contributed by atoms with Crippen LogP contribution in [-0.2, 0) is 13.0 Å². The van der Waals surface area contributed by atoms with Crippen molar-refractivity contribution in [1.29, 1.82) is 0 Å². The first-order valence-electron chi connectivity index (χ1n) is 12.1. The van der Waals surface area contributed by atoms with E-state index in [1.54, 1.807) is 35.0 Å². The van der Waals surface area contributed by atoms with E-state index in [0.29, 0.717) is 17.4 Å². The fraction of sp³-hybridized carbons (Fsp3) is 0.179. The molecule has 3 aromatic carbocycles. The van der Waals surface area contributed by atoms with Gasteiger partial charge in [0.05, 0.1) is 17.9 Å². The third-order valence-electron chi connectivity index (χ3n) is 6.28. The van der Waals surface area contributed by atoms with Crippen LogP contribution >= 0.6 is 0 Å². The van der Waals surface area contributed by atoms with Crippen molar-refractivity contribution >= 4 is 5.91 Å². The number of rotatable bonds is 8. The number of benzene rings is 3. The third-order valence-corrected chi connectivity index (χ3v) is 6.28. The molecule has 9 heteroatoms. The minimum atomic E-state index is -0.792. The van der Waals surface area contributed by atoms with Gasteiger partial charge in [-0.25, -0.2) is 9.36 Å². The van der Waals surface area contributed by atoms with E-state index in [-0.39, 0.29) is 17.8 Å². The quantitative estimate of drug-likeness (QED) is 0.315. The normalized spacial score (nSPS) is 11.1. The summed E-state index contributed by atoms with van der Waals surface area (Å²) in [6, 6.07) is 23.7. The van der Waals surface area contributed by atoms with Crippen molar-refractivity contribution in [3.05, 3.63) is 118 Å². The molecule has 0 aliphatic rings. The lowest BCUT2D eigenvalue weighted by molar-refractivity contribution is 0.0942. The van der Waals surface area contributed by atoms with E-state index in [2.05, 4.69) is 15.5 Å². The Morgan fingerprint density at radius 3 is 2.38 bits per heavy atom. The van der Waals surface area contributed by atoms with Gasteiger partial charge in [0, 0.05) is 11.1 Å². The Morgan fingerprint density at radius 1 is 0.946 bits per heavy atom. The minimum absolute atomic E-state index is 0.152. The molecule has 5 rings (SSSR count). The molecule has 0 saturated carbocycles. The van der Waals surface area contributed by atoms with E-state index >= 15 is 4.39 Å². The average Bonchev–Trinajstić information content (AvgIpc) is 3.55. The van der Waals surface area contributed by atoms with Crippen molar-refractivity contribution in [2.45, 2.75) is 32.7 Å². The number of para-hydroxylation sites is 1. The van der Waals surface area contributed by atoms with Crippen molar-refractivity contribution in [2.24, 2.45) is 0 Å². The number of unbranched alkanes of at least 4 members (excludes halogenated alkanes) is 1. The molecule has 0 radical (unpaired) electrons. The van der Waals surface area contributed by atoms with Gasteiger partial charge in [-0.3, -0.25) is 9.36 Å². The molecule has 2 heterocycles. The maximum Gasteiger partial charge on any atom is 0.338 e. The summed E-state index contributed by atoms with van der Waals surface area (Å²) in [5.41, 5.74) is 3.34. The monoisotopic (exact) mass is 496 g/mol. The largest absolute Gasteiger partial charge is 0.338 e. The topological polar surface area (TPSA) is 87.6 Å². The highest BCUT2D eigenvalue weighted by atomic mass is 19.1. The van der Waals surface area contributed by atoms with E-state index in [0.717, 1.165) is 28.8 Å². The van der Waals surface area contributed by atoms with Crippen molar-refractivity contribution in [2.75, 3.05) is 0 Å². The van der Waals surface area contributed by atoms with E-state index in [9.17, 15) is 9.59 Å². The van der Waals surface area contributed by atoms with Crippen LogP contribution in [0.25, 0.3) is 16.8 Å². The van der Waals surface area contributed by atoms with Gasteiger partial charge in [-0.1, -0.05) is 74.0 Å². The summed E-state index contributed by atoms with van der Waals surface area (Å²) in [7, 11) is 0. The molecule has 2 aromatic heterocycles. The number of aromatic nitrogens is 6. The lowest BCUT2D eigenvalue weighted by Gasteiger charge is -2.11. The highest BCUT2D eigenvalue weighted by Crippen LogP contribution is 2.26. The zero-order valence-corrected chi connectivity index (χ0v) is 20.3. The molecule has 186 valence electrons. The Morgan fingerprint density at radius 2 is 1.68 bits per heavy atom. The molecule has 5 aromatic rings. The van der Waals surface area contributed by atoms with Crippen LogP contribution in [-0.4, -0.2) is 35.2 Å². The van der Waals surface area contributed by atoms with Gasteiger partial charge in [-0.05, 0) is 52.6 Å². The van der Waals surface area contributed by atoms with Crippen molar-refractivity contribution < 1.29 is 9.18 Å². The molecule has 8 nitrogen and oxygen atoms in total. The third kappa shape index (κ3) is 4.75. The van der Waals surface area contributed by atoms with Crippen LogP contribution in [0.3, 0.4) is 0 Å². The predicted octanol–water partition coefficient (Wildman–Crippen LogP) is 4.51. The molecule has 37 heavy (non-hydrogen) atoms. The van der Waals surface area contributed by atoms with Gasteiger partial charge in [0.25, 0.3) is 5.91 Å². The average molecular weight is 497 g/mol. The molecule has 0 fully saturated rings. The van der Waals surface area contributed by atoms with E-state index in [1.807, 2.05) is 55.5 Å². The first-order valence-corrected chi connectivity index (χ1v) is 12.1. The van der Waals surface area contributed by atoms with E-state index in [1.165, 1.54) is 10.9 Å². The molecular weight excluding hydrogens is 471 g/mol. The van der Waals surface area contributed by atoms with Gasteiger partial charge in [-0.2, -0.15) is 9.07 Å². The van der Waals surface area contributed by atoms with Crippen LogP contribution in [0.4, 0.5) is 4.39 Å². The molecule has 0 spiro atoms. The van der Waals surface area contributed by atoms with Crippen molar-refractivity contribution in [3.8, 4) is 16.8 Å². The summed E-state index contributed by atoms with van der Waals surface area (Å²) in [5, 5.41) is 11.4. The van der Waals surface area contributed by atoms with Crippen LogP contribution in [0.1, 0.15) is 41.4 Å². The highest BCUT2D eigenvalue weighted by molar-refractivity contribution is 5.95. The second kappa shape index (κ2) is 10.5. The zero-order valence-electron chi connectivity index (χ0n) is 20.3. The zero-order chi connectivity index (χ0) is 25.8. The number of carbonyl (C=O) groups is 1. The summed E-state index contributed by atoms with van der Waals surface area (Å²) >= 11 is 0. The SMILES string of the molecule is CCCCc1c(F)n(C(=O)c2ccccc2)c(=O)n1Cc1ccc(-c2ccccc2-n2cnnn2)cc1. The Hall–Kier alpha value is -4.66. The standard InChI is InChI=1S/C28H25FN6O2/c1-2-3-12-25-26(29)35(27(36)22-9-5-4-6-10-22)28(37)33(25)18-20-14-16-21(17-15-20)23-11-7-8-13-24(23)34-19-30-31-32-34/h4-11,13-17,19H,2-3,12,18H2,1H3. The van der Waals surface area contributed by atoms with Gasteiger partial charge in [0.1, 0.15) is 6.33 Å². The number of hydrogen-bond donors (Lipinski definition) is 0. The number of carbonyl (C=O) groups excluding carboxylic acids is 1. The molecule has 0 amide bonds. The van der Waals surface area contributed by atoms with Gasteiger partial charge < -0.3 is 0 Å². The summed E-state index contributed by atoms with van der Waals surface area (Å²) in [6.07, 6.45) is 3.44. The number of halogens is 1. The first-order chi connectivity index (χ1) is 18.1. The lowest BCUT2D eigenvalue weighted by atomic mass is 10.0. The molecule has 0 aliphatic carbocycles. The summed E-state index contributed by atoms with van der Waals surface area (Å²) in [6.45, 7) is 2.15. The summed E-state index contributed by atoms with van der Waals surface area (Å²) in [4.78, 5) is 26.3. The number of imidazole rings is 1. The number of hydrogen-bond acceptors (Lipinski definition) is 5. The van der Waals surface area contributed by atoms with Crippen LogP contribution in [0, 0.1) is 5.95 Å². The number of nitrogens with zero attached hydrogens (tertiary/aromatic N) is 6. The molecular formula is C28H25FN6O2. The smallest absolute Gasteiger partial charge is 0.288 e.